The second-order valence-electron chi connectivity index (χ2n) is 8.35. The van der Waals surface area contributed by atoms with Gasteiger partial charge in [-0.05, 0) is 63.8 Å². The highest BCUT2D eigenvalue weighted by Crippen LogP contribution is 2.45. The molecule has 0 saturated carbocycles. The summed E-state index contributed by atoms with van der Waals surface area (Å²) in [7, 11) is 0. The van der Waals surface area contributed by atoms with E-state index in [1.807, 2.05) is 39.8 Å². The number of aliphatic hydroxyl groups is 2. The minimum Gasteiger partial charge on any atom is -0.507 e. The first-order chi connectivity index (χ1) is 14.2. The standard InChI is InChI=1S/C25H29NO4/c1-15(2)8-10-25-11-9-16(3)14-30-20-7-5-6-18(13-27)21(20)23(26)22(24(25)29)19(28)12-17(25)4/h5-9,12,26-28H,10-11,13-14H2,1-4H3/b16-9-,26-23?/t25-/m0/s1. The van der Waals surface area contributed by atoms with Crippen LogP contribution in [0.5, 0.6) is 5.75 Å². The molecule has 1 aromatic rings. The van der Waals surface area contributed by atoms with Gasteiger partial charge in [0.15, 0.2) is 5.78 Å². The Morgan fingerprint density at radius 2 is 2.03 bits per heavy atom. The quantitative estimate of drug-likeness (QED) is 0.618. The molecule has 1 atom stereocenters. The minimum atomic E-state index is -0.870. The maximum absolute atomic E-state index is 13.9. The molecule has 3 N–H and O–H groups in total. The average Bonchev–Trinajstić information content (AvgIpc) is 2.71. The van der Waals surface area contributed by atoms with E-state index in [4.69, 9.17) is 10.1 Å². The van der Waals surface area contributed by atoms with E-state index in [9.17, 15) is 15.0 Å². The molecule has 5 heteroatoms. The summed E-state index contributed by atoms with van der Waals surface area (Å²) in [6, 6.07) is 5.16. The lowest BCUT2D eigenvalue weighted by Crippen LogP contribution is -2.38. The van der Waals surface area contributed by atoms with Crippen molar-refractivity contribution in [2.75, 3.05) is 6.61 Å². The lowest BCUT2D eigenvalue weighted by molar-refractivity contribution is -0.122. The molecule has 0 spiro atoms. The van der Waals surface area contributed by atoms with E-state index < -0.39 is 5.41 Å². The molecule has 3 rings (SSSR count). The molecule has 1 aliphatic carbocycles. The van der Waals surface area contributed by atoms with Crippen LogP contribution in [0.1, 0.15) is 51.7 Å². The van der Waals surface area contributed by atoms with Gasteiger partial charge in [0.2, 0.25) is 0 Å². The van der Waals surface area contributed by atoms with E-state index in [0.717, 1.165) is 16.7 Å². The first kappa shape index (κ1) is 21.8. The van der Waals surface area contributed by atoms with Gasteiger partial charge in [0, 0.05) is 5.56 Å². The number of rotatable bonds is 3. The number of allylic oxidation sites excluding steroid dienone is 6. The summed E-state index contributed by atoms with van der Waals surface area (Å²) >= 11 is 0. The molecule has 0 unspecified atom stereocenters. The fourth-order valence-electron chi connectivity index (χ4n) is 4.00. The summed E-state index contributed by atoms with van der Waals surface area (Å²) in [4.78, 5) is 13.9. The zero-order valence-corrected chi connectivity index (χ0v) is 18.0. The Balaban J connectivity index is 2.29. The predicted octanol–water partition coefficient (Wildman–Crippen LogP) is 4.96. The number of carbonyl (C=O) groups excluding carboxylic acids is 1. The molecule has 2 aliphatic rings. The van der Waals surface area contributed by atoms with Crippen molar-refractivity contribution >= 4 is 11.5 Å². The maximum atomic E-state index is 13.9. The van der Waals surface area contributed by atoms with Crippen LogP contribution >= 0.6 is 0 Å². The normalized spacial score (nSPS) is 23.5. The van der Waals surface area contributed by atoms with Crippen molar-refractivity contribution < 1.29 is 19.7 Å². The van der Waals surface area contributed by atoms with Crippen LogP contribution in [0.2, 0.25) is 0 Å². The zero-order valence-electron chi connectivity index (χ0n) is 18.0. The zero-order chi connectivity index (χ0) is 22.1. The molecular weight excluding hydrogens is 378 g/mol. The highest BCUT2D eigenvalue weighted by Gasteiger charge is 2.45. The Morgan fingerprint density at radius 1 is 1.30 bits per heavy atom. The van der Waals surface area contributed by atoms with Crippen molar-refractivity contribution in [2.24, 2.45) is 5.41 Å². The Bertz CT molecular complexity index is 1020. The van der Waals surface area contributed by atoms with Gasteiger partial charge in [-0.25, -0.2) is 0 Å². The van der Waals surface area contributed by atoms with Crippen molar-refractivity contribution in [3.05, 3.63) is 75.6 Å². The number of hydrogen-bond donors (Lipinski definition) is 3. The third kappa shape index (κ3) is 3.77. The summed E-state index contributed by atoms with van der Waals surface area (Å²) in [5, 5.41) is 29.4. The van der Waals surface area contributed by atoms with E-state index in [-0.39, 0.29) is 29.4 Å². The number of benzene rings is 1. The largest absolute Gasteiger partial charge is 0.507 e. The van der Waals surface area contributed by atoms with E-state index in [1.165, 1.54) is 0 Å². The Labute approximate surface area is 177 Å². The lowest BCUT2D eigenvalue weighted by Gasteiger charge is -2.36. The number of hydrogen-bond acceptors (Lipinski definition) is 5. The summed E-state index contributed by atoms with van der Waals surface area (Å²) < 4.78 is 5.96. The van der Waals surface area contributed by atoms with Gasteiger partial charge < -0.3 is 14.9 Å². The number of fused-ring (bicyclic) bond motifs is 3. The first-order valence-electron chi connectivity index (χ1n) is 10.1. The molecule has 1 heterocycles. The second-order valence-corrected chi connectivity index (χ2v) is 8.35. The minimum absolute atomic E-state index is 0.0264. The van der Waals surface area contributed by atoms with Crippen molar-refractivity contribution in [3.8, 4) is 5.75 Å². The lowest BCUT2D eigenvalue weighted by atomic mass is 9.65. The third-order valence-electron chi connectivity index (χ3n) is 5.92. The van der Waals surface area contributed by atoms with Crippen LogP contribution in [0.25, 0.3) is 0 Å². The van der Waals surface area contributed by atoms with Crippen LogP contribution in [0.4, 0.5) is 0 Å². The fraction of sp³-hybridized carbons (Fsp3) is 0.360. The van der Waals surface area contributed by atoms with Crippen LogP contribution in [0, 0.1) is 10.8 Å². The fourth-order valence-corrected chi connectivity index (χ4v) is 4.00. The molecule has 30 heavy (non-hydrogen) atoms. The summed E-state index contributed by atoms with van der Waals surface area (Å²) in [6.45, 7) is 7.81. The molecule has 2 bridgehead atoms. The van der Waals surface area contributed by atoms with Crippen molar-refractivity contribution in [3.63, 3.8) is 0 Å². The van der Waals surface area contributed by atoms with Gasteiger partial charge in [-0.2, -0.15) is 0 Å². The molecule has 1 aromatic carbocycles. The Kier molecular flexibility index (Phi) is 6.13. The van der Waals surface area contributed by atoms with Gasteiger partial charge >= 0.3 is 0 Å². The van der Waals surface area contributed by atoms with Crippen LogP contribution in [0.3, 0.4) is 0 Å². The van der Waals surface area contributed by atoms with Crippen LogP contribution in [-0.4, -0.2) is 28.3 Å². The molecule has 0 saturated heterocycles. The van der Waals surface area contributed by atoms with E-state index in [0.29, 0.717) is 36.3 Å². The number of aliphatic hydroxyl groups excluding tert-OH is 2. The van der Waals surface area contributed by atoms with E-state index in [2.05, 4.69) is 0 Å². The molecule has 0 fully saturated rings. The number of ketones is 1. The van der Waals surface area contributed by atoms with E-state index in [1.54, 1.807) is 24.3 Å². The average molecular weight is 408 g/mol. The van der Waals surface area contributed by atoms with Crippen molar-refractivity contribution in [2.45, 2.75) is 47.1 Å². The molecular formula is C25H29NO4. The van der Waals surface area contributed by atoms with Crippen LogP contribution < -0.4 is 4.74 Å². The Morgan fingerprint density at radius 3 is 2.70 bits per heavy atom. The van der Waals surface area contributed by atoms with Crippen molar-refractivity contribution in [1.82, 2.24) is 0 Å². The monoisotopic (exact) mass is 407 g/mol. The smallest absolute Gasteiger partial charge is 0.179 e. The second kappa shape index (κ2) is 8.44. The topological polar surface area (TPSA) is 90.6 Å². The van der Waals surface area contributed by atoms with Gasteiger partial charge in [-0.3, -0.25) is 10.2 Å². The summed E-state index contributed by atoms with van der Waals surface area (Å²) in [5.41, 5.74) is 2.65. The molecule has 5 nitrogen and oxygen atoms in total. The molecule has 0 radical (unpaired) electrons. The van der Waals surface area contributed by atoms with Gasteiger partial charge in [-0.15, -0.1) is 0 Å². The number of Topliss-reactive ketones (excluding diaryl/α,β-unsaturated/α-hetero) is 1. The maximum Gasteiger partial charge on any atom is 0.179 e. The number of nitrogens with one attached hydrogen (secondary N) is 1. The summed E-state index contributed by atoms with van der Waals surface area (Å²) in [6.07, 6.45) is 6.59. The number of ether oxygens (including phenoxy) is 1. The van der Waals surface area contributed by atoms with Gasteiger partial charge in [-0.1, -0.05) is 35.4 Å². The SMILES string of the molecule is CC(C)=CC[C@]12C/C=C(/C)COc3cccc(CO)c3C(=N)C(=C(O)C=C1C)C2=O. The highest BCUT2D eigenvalue weighted by molar-refractivity contribution is 6.31. The number of carbonyl (C=O) groups is 1. The first-order valence-corrected chi connectivity index (χ1v) is 10.1. The summed E-state index contributed by atoms with van der Waals surface area (Å²) in [5.74, 6) is -0.0726. The third-order valence-corrected chi connectivity index (χ3v) is 5.92. The van der Waals surface area contributed by atoms with E-state index >= 15 is 0 Å². The molecule has 158 valence electrons. The molecule has 0 aromatic heterocycles. The van der Waals surface area contributed by atoms with Crippen LogP contribution in [-0.2, 0) is 11.4 Å². The van der Waals surface area contributed by atoms with Crippen LogP contribution in [0.15, 0.2) is 64.5 Å². The van der Waals surface area contributed by atoms with Gasteiger partial charge in [0.05, 0.1) is 23.3 Å². The highest BCUT2D eigenvalue weighted by atomic mass is 16.5. The predicted molar refractivity (Wildman–Crippen MR) is 118 cm³/mol. The van der Waals surface area contributed by atoms with Crippen molar-refractivity contribution in [1.29, 1.82) is 5.41 Å². The molecule has 1 aliphatic heterocycles. The molecule has 0 amide bonds. The van der Waals surface area contributed by atoms with Gasteiger partial charge in [0.25, 0.3) is 0 Å². The van der Waals surface area contributed by atoms with Gasteiger partial charge in [0.1, 0.15) is 18.1 Å². The Hall–Kier alpha value is -2.92.